The van der Waals surface area contributed by atoms with Crippen molar-refractivity contribution in [3.8, 4) is 0 Å². The predicted octanol–water partition coefficient (Wildman–Crippen LogP) is -0.116. The van der Waals surface area contributed by atoms with Gasteiger partial charge in [0.15, 0.2) is 0 Å². The number of carbonyl (C=O) groups is 1. The van der Waals surface area contributed by atoms with Crippen LogP contribution in [0.25, 0.3) is 0 Å². The van der Waals surface area contributed by atoms with Crippen molar-refractivity contribution in [3.05, 3.63) is 18.1 Å². The quantitative estimate of drug-likeness (QED) is 0.788. The topological polar surface area (TPSA) is 73.4 Å². The number of nitrogens with one attached hydrogen (secondary N) is 2. The molecule has 1 unspecified atom stereocenters. The maximum Gasteiger partial charge on any atom is 0.271 e. The highest BCUT2D eigenvalue weighted by atomic mass is 16.1. The van der Waals surface area contributed by atoms with Gasteiger partial charge in [-0.2, -0.15) is 0 Å². The number of aromatic nitrogens is 2. The van der Waals surface area contributed by atoms with Gasteiger partial charge in [0.25, 0.3) is 5.91 Å². The molecule has 116 valence electrons. The Kier molecular flexibility index (Phi) is 5.46. The van der Waals surface area contributed by atoms with Gasteiger partial charge in [0.1, 0.15) is 11.5 Å². The van der Waals surface area contributed by atoms with E-state index in [2.05, 4.69) is 44.5 Å². The molecule has 1 amide bonds. The lowest BCUT2D eigenvalue weighted by atomic mass is 10.2. The molecular weight excluding hydrogens is 268 g/mol. The SMILES string of the molecule is CCNc1cnc(C(=O)NCC2CN(C)CCN2C)cn1. The van der Waals surface area contributed by atoms with Crippen molar-refractivity contribution >= 4 is 11.7 Å². The molecule has 2 N–H and O–H groups in total. The lowest BCUT2D eigenvalue weighted by molar-refractivity contribution is 0.0876. The van der Waals surface area contributed by atoms with Gasteiger partial charge in [-0.1, -0.05) is 0 Å². The van der Waals surface area contributed by atoms with Crippen molar-refractivity contribution in [1.29, 1.82) is 0 Å². The van der Waals surface area contributed by atoms with Crippen LogP contribution < -0.4 is 10.6 Å². The number of hydrogen-bond donors (Lipinski definition) is 2. The molecule has 0 spiro atoms. The second-order valence-electron chi connectivity index (χ2n) is 5.42. The molecule has 0 saturated carbocycles. The average molecular weight is 292 g/mol. The first kappa shape index (κ1) is 15.7. The summed E-state index contributed by atoms with van der Waals surface area (Å²) in [5, 5.41) is 5.99. The van der Waals surface area contributed by atoms with Gasteiger partial charge >= 0.3 is 0 Å². The fourth-order valence-corrected chi connectivity index (χ4v) is 2.34. The van der Waals surface area contributed by atoms with Crippen LogP contribution in [-0.4, -0.2) is 78.5 Å². The minimum Gasteiger partial charge on any atom is -0.369 e. The Hall–Kier alpha value is -1.73. The summed E-state index contributed by atoms with van der Waals surface area (Å²) < 4.78 is 0. The van der Waals surface area contributed by atoms with Crippen LogP contribution in [0.1, 0.15) is 17.4 Å². The van der Waals surface area contributed by atoms with E-state index in [1.807, 2.05) is 6.92 Å². The van der Waals surface area contributed by atoms with Crippen molar-refractivity contribution in [3.63, 3.8) is 0 Å². The molecule has 0 aliphatic carbocycles. The van der Waals surface area contributed by atoms with Gasteiger partial charge in [0.2, 0.25) is 0 Å². The smallest absolute Gasteiger partial charge is 0.271 e. The first-order valence-electron chi connectivity index (χ1n) is 7.33. The molecule has 2 rings (SSSR count). The van der Waals surface area contributed by atoms with E-state index in [1.54, 1.807) is 6.20 Å². The summed E-state index contributed by atoms with van der Waals surface area (Å²) in [5.74, 6) is 0.509. The molecule has 0 aromatic carbocycles. The summed E-state index contributed by atoms with van der Waals surface area (Å²) in [6, 6.07) is 0.335. The third-order valence-corrected chi connectivity index (χ3v) is 3.72. The van der Waals surface area contributed by atoms with Gasteiger partial charge in [0, 0.05) is 38.8 Å². The van der Waals surface area contributed by atoms with Crippen LogP contribution in [0, 0.1) is 0 Å². The summed E-state index contributed by atoms with van der Waals surface area (Å²) >= 11 is 0. The molecule has 0 bridgehead atoms. The molecular formula is C14H24N6O. The molecule has 21 heavy (non-hydrogen) atoms. The summed E-state index contributed by atoms with van der Waals surface area (Å²) in [7, 11) is 4.20. The van der Waals surface area contributed by atoms with Crippen molar-refractivity contribution < 1.29 is 4.79 Å². The van der Waals surface area contributed by atoms with E-state index >= 15 is 0 Å². The highest BCUT2D eigenvalue weighted by Crippen LogP contribution is 2.05. The summed E-state index contributed by atoms with van der Waals surface area (Å²) in [6.07, 6.45) is 3.09. The van der Waals surface area contributed by atoms with Crippen LogP contribution in [0.4, 0.5) is 5.82 Å². The molecule has 7 nitrogen and oxygen atoms in total. The Bertz CT molecular complexity index is 463. The van der Waals surface area contributed by atoms with E-state index in [0.29, 0.717) is 24.1 Å². The van der Waals surface area contributed by atoms with Gasteiger partial charge in [-0.15, -0.1) is 0 Å². The lowest BCUT2D eigenvalue weighted by Crippen LogP contribution is -2.54. The van der Waals surface area contributed by atoms with Gasteiger partial charge in [-0.3, -0.25) is 9.69 Å². The van der Waals surface area contributed by atoms with Crippen molar-refractivity contribution in [2.75, 3.05) is 52.1 Å². The standard InChI is InChI=1S/C14H24N6O/c1-4-15-13-9-16-12(8-17-13)14(21)18-7-11-10-19(2)5-6-20(11)3/h8-9,11H,4-7,10H2,1-3H3,(H,15,17)(H,18,21). The highest BCUT2D eigenvalue weighted by molar-refractivity contribution is 5.92. The van der Waals surface area contributed by atoms with Crippen LogP contribution in [0.3, 0.4) is 0 Å². The number of rotatable bonds is 5. The largest absolute Gasteiger partial charge is 0.369 e. The van der Waals surface area contributed by atoms with E-state index in [0.717, 1.165) is 26.2 Å². The van der Waals surface area contributed by atoms with E-state index in [4.69, 9.17) is 0 Å². The molecule has 2 heterocycles. The molecule has 1 saturated heterocycles. The monoisotopic (exact) mass is 292 g/mol. The van der Waals surface area contributed by atoms with Crippen molar-refractivity contribution in [2.24, 2.45) is 0 Å². The molecule has 1 aromatic rings. The van der Waals surface area contributed by atoms with Crippen molar-refractivity contribution in [1.82, 2.24) is 25.1 Å². The summed E-state index contributed by atoms with van der Waals surface area (Å²) in [4.78, 5) is 24.9. The van der Waals surface area contributed by atoms with E-state index in [1.165, 1.54) is 6.20 Å². The molecule has 7 heteroatoms. The predicted molar refractivity (Wildman–Crippen MR) is 82.4 cm³/mol. The zero-order chi connectivity index (χ0) is 15.2. The van der Waals surface area contributed by atoms with Crippen LogP contribution in [0.15, 0.2) is 12.4 Å². The Balaban J connectivity index is 1.86. The Morgan fingerprint density at radius 3 is 2.81 bits per heavy atom. The highest BCUT2D eigenvalue weighted by Gasteiger charge is 2.22. The van der Waals surface area contributed by atoms with E-state index in [9.17, 15) is 4.79 Å². The molecule has 0 radical (unpaired) electrons. The number of nitrogens with zero attached hydrogens (tertiary/aromatic N) is 4. The summed E-state index contributed by atoms with van der Waals surface area (Å²) in [6.45, 7) is 6.44. The van der Waals surface area contributed by atoms with Gasteiger partial charge in [-0.25, -0.2) is 9.97 Å². The fourth-order valence-electron chi connectivity index (χ4n) is 2.34. The normalized spacial score (nSPS) is 20.2. The second-order valence-corrected chi connectivity index (χ2v) is 5.42. The van der Waals surface area contributed by atoms with Gasteiger partial charge < -0.3 is 15.5 Å². The van der Waals surface area contributed by atoms with Crippen molar-refractivity contribution in [2.45, 2.75) is 13.0 Å². The van der Waals surface area contributed by atoms with Gasteiger partial charge in [0.05, 0.1) is 12.4 Å². The Morgan fingerprint density at radius 2 is 2.14 bits per heavy atom. The Labute approximate surface area is 125 Å². The molecule has 1 aliphatic rings. The third kappa shape index (κ3) is 4.37. The van der Waals surface area contributed by atoms with E-state index < -0.39 is 0 Å². The minimum atomic E-state index is -0.174. The first-order chi connectivity index (χ1) is 10.1. The number of piperazine rings is 1. The average Bonchev–Trinajstić information content (AvgIpc) is 2.49. The number of carbonyl (C=O) groups excluding carboxylic acids is 1. The lowest BCUT2D eigenvalue weighted by Gasteiger charge is -2.37. The van der Waals surface area contributed by atoms with Crippen LogP contribution in [-0.2, 0) is 0 Å². The first-order valence-corrected chi connectivity index (χ1v) is 7.33. The number of hydrogen-bond acceptors (Lipinski definition) is 6. The summed E-state index contributed by atoms with van der Waals surface area (Å²) in [5.41, 5.74) is 0.350. The van der Waals surface area contributed by atoms with Crippen LogP contribution in [0.5, 0.6) is 0 Å². The van der Waals surface area contributed by atoms with Crippen LogP contribution >= 0.6 is 0 Å². The second kappa shape index (κ2) is 7.33. The number of amides is 1. The number of likely N-dealkylation sites (N-methyl/N-ethyl adjacent to an activating group) is 2. The number of anilines is 1. The maximum absolute atomic E-state index is 12.1. The Morgan fingerprint density at radius 1 is 1.33 bits per heavy atom. The zero-order valence-corrected chi connectivity index (χ0v) is 13.0. The zero-order valence-electron chi connectivity index (χ0n) is 13.0. The molecule has 1 aromatic heterocycles. The fraction of sp³-hybridized carbons (Fsp3) is 0.643. The van der Waals surface area contributed by atoms with Gasteiger partial charge in [-0.05, 0) is 21.0 Å². The molecule has 1 fully saturated rings. The molecule has 1 atom stereocenters. The van der Waals surface area contributed by atoms with Crippen LogP contribution in [0.2, 0.25) is 0 Å². The third-order valence-electron chi connectivity index (χ3n) is 3.72. The molecule has 1 aliphatic heterocycles. The minimum absolute atomic E-state index is 0.174. The maximum atomic E-state index is 12.1. The van der Waals surface area contributed by atoms with E-state index in [-0.39, 0.29) is 5.91 Å².